The summed E-state index contributed by atoms with van der Waals surface area (Å²) >= 11 is 0. The predicted molar refractivity (Wildman–Crippen MR) is 85.9 cm³/mol. The van der Waals surface area contributed by atoms with Crippen LogP contribution in [0.1, 0.15) is 11.1 Å². The fourth-order valence-corrected chi connectivity index (χ4v) is 1.89. The van der Waals surface area contributed by atoms with Crippen LogP contribution in [0.3, 0.4) is 0 Å². The van der Waals surface area contributed by atoms with Gasteiger partial charge in [0, 0.05) is 6.54 Å². The van der Waals surface area contributed by atoms with E-state index in [4.69, 9.17) is 9.47 Å². The maximum atomic E-state index is 12.8. The Hall–Kier alpha value is -2.89. The van der Waals surface area contributed by atoms with Gasteiger partial charge in [0.2, 0.25) is 0 Å². The van der Waals surface area contributed by atoms with Crippen LogP contribution in [0.5, 0.6) is 5.75 Å². The Balaban J connectivity index is 1.65. The molecule has 0 bridgehead atoms. The number of hydrogen-bond acceptors (Lipinski definition) is 4. The monoisotopic (exact) mass is 331 g/mol. The zero-order valence-corrected chi connectivity index (χ0v) is 13.3. The molecule has 6 heteroatoms. The number of rotatable bonds is 7. The molecule has 0 saturated heterocycles. The van der Waals surface area contributed by atoms with E-state index < -0.39 is 18.5 Å². The molecule has 0 radical (unpaired) electrons. The summed E-state index contributed by atoms with van der Waals surface area (Å²) in [5, 5.41) is 2.58. The molecular weight excluding hydrogens is 313 g/mol. The second kappa shape index (κ2) is 8.67. The Labute approximate surface area is 139 Å². The van der Waals surface area contributed by atoms with E-state index >= 15 is 0 Å². The van der Waals surface area contributed by atoms with E-state index in [0.717, 1.165) is 11.1 Å². The van der Waals surface area contributed by atoms with Crippen LogP contribution >= 0.6 is 0 Å². The Morgan fingerprint density at radius 3 is 2.54 bits per heavy atom. The third kappa shape index (κ3) is 6.08. The molecule has 126 valence electrons. The molecule has 5 nitrogen and oxygen atoms in total. The molecule has 0 fully saturated rings. The first-order chi connectivity index (χ1) is 11.5. The molecule has 2 rings (SSSR count). The molecule has 0 atom stereocenters. The van der Waals surface area contributed by atoms with E-state index in [0.29, 0.717) is 5.75 Å². The minimum atomic E-state index is -0.631. The summed E-state index contributed by atoms with van der Waals surface area (Å²) in [5.41, 5.74) is 1.76. The van der Waals surface area contributed by atoms with Crippen molar-refractivity contribution in [3.63, 3.8) is 0 Å². The van der Waals surface area contributed by atoms with Crippen molar-refractivity contribution in [2.24, 2.45) is 0 Å². The number of carbonyl (C=O) groups is 2. The second-order valence-electron chi connectivity index (χ2n) is 5.17. The van der Waals surface area contributed by atoms with Gasteiger partial charge in [-0.3, -0.25) is 4.79 Å². The smallest absolute Gasteiger partial charge is 0.344 e. The Morgan fingerprint density at radius 2 is 1.83 bits per heavy atom. The number of halogens is 1. The number of aryl methyl sites for hydroxylation is 1. The van der Waals surface area contributed by atoms with Crippen molar-refractivity contribution in [1.29, 1.82) is 0 Å². The molecule has 0 aliphatic carbocycles. The number of hydrogen-bond donors (Lipinski definition) is 1. The number of carbonyl (C=O) groups excluding carboxylic acids is 2. The van der Waals surface area contributed by atoms with Crippen molar-refractivity contribution < 1.29 is 23.5 Å². The maximum Gasteiger partial charge on any atom is 0.344 e. The van der Waals surface area contributed by atoms with Crippen molar-refractivity contribution in [1.82, 2.24) is 5.32 Å². The van der Waals surface area contributed by atoms with Crippen molar-refractivity contribution >= 4 is 11.9 Å². The van der Waals surface area contributed by atoms with Gasteiger partial charge in [-0.25, -0.2) is 9.18 Å². The van der Waals surface area contributed by atoms with Crippen LogP contribution in [0, 0.1) is 12.7 Å². The molecule has 1 N–H and O–H groups in total. The predicted octanol–water partition coefficient (Wildman–Crippen LogP) is 2.37. The summed E-state index contributed by atoms with van der Waals surface area (Å²) in [6.07, 6.45) is 0. The highest BCUT2D eigenvalue weighted by Crippen LogP contribution is 2.12. The largest absolute Gasteiger partial charge is 0.482 e. The highest BCUT2D eigenvalue weighted by Gasteiger charge is 2.08. The molecule has 0 spiro atoms. The summed E-state index contributed by atoms with van der Waals surface area (Å²) in [7, 11) is 0. The number of nitrogens with one attached hydrogen (secondary N) is 1. The van der Waals surface area contributed by atoms with Gasteiger partial charge < -0.3 is 14.8 Å². The number of ether oxygens (including phenoxy) is 2. The lowest BCUT2D eigenvalue weighted by Gasteiger charge is -2.08. The van der Waals surface area contributed by atoms with E-state index in [1.807, 2.05) is 19.1 Å². The molecule has 2 aromatic rings. The molecule has 0 aromatic heterocycles. The topological polar surface area (TPSA) is 64.6 Å². The van der Waals surface area contributed by atoms with Gasteiger partial charge in [0.05, 0.1) is 0 Å². The van der Waals surface area contributed by atoms with Crippen molar-refractivity contribution in [3.8, 4) is 5.75 Å². The molecule has 1 amide bonds. The van der Waals surface area contributed by atoms with Gasteiger partial charge >= 0.3 is 5.97 Å². The molecule has 0 saturated carbocycles. The molecular formula is C18H18FNO4. The van der Waals surface area contributed by atoms with E-state index in [1.54, 1.807) is 24.3 Å². The Kier molecular flexibility index (Phi) is 6.31. The SMILES string of the molecule is Cc1cccc(OCC(=O)OCC(=O)NCc2ccc(F)cc2)c1. The molecule has 0 aliphatic heterocycles. The van der Waals surface area contributed by atoms with Crippen molar-refractivity contribution in [3.05, 3.63) is 65.5 Å². The Bertz CT molecular complexity index is 700. The zero-order valence-electron chi connectivity index (χ0n) is 13.3. The van der Waals surface area contributed by atoms with Crippen molar-refractivity contribution in [2.45, 2.75) is 13.5 Å². The van der Waals surface area contributed by atoms with Gasteiger partial charge in [-0.15, -0.1) is 0 Å². The number of benzene rings is 2. The standard InChI is InChI=1S/C18H18FNO4/c1-13-3-2-4-16(9-13)23-12-18(22)24-11-17(21)20-10-14-5-7-15(19)8-6-14/h2-9H,10-12H2,1H3,(H,20,21). The molecule has 0 unspecified atom stereocenters. The van der Waals surface area contributed by atoms with Crippen LogP contribution in [-0.4, -0.2) is 25.1 Å². The van der Waals surface area contributed by atoms with Gasteiger partial charge in [0.1, 0.15) is 11.6 Å². The fourth-order valence-electron chi connectivity index (χ4n) is 1.89. The summed E-state index contributed by atoms with van der Waals surface area (Å²) in [6, 6.07) is 13.0. The summed E-state index contributed by atoms with van der Waals surface area (Å²) in [4.78, 5) is 23.2. The quantitative estimate of drug-likeness (QED) is 0.791. The minimum absolute atomic E-state index is 0.233. The normalized spacial score (nSPS) is 10.1. The second-order valence-corrected chi connectivity index (χ2v) is 5.17. The Morgan fingerprint density at radius 1 is 1.08 bits per heavy atom. The number of esters is 1. The zero-order chi connectivity index (χ0) is 17.4. The maximum absolute atomic E-state index is 12.8. The van der Waals surface area contributed by atoms with Gasteiger partial charge in [-0.05, 0) is 42.3 Å². The highest BCUT2D eigenvalue weighted by atomic mass is 19.1. The summed E-state index contributed by atoms with van der Waals surface area (Å²) < 4.78 is 22.9. The van der Waals surface area contributed by atoms with E-state index in [9.17, 15) is 14.0 Å². The first-order valence-electron chi connectivity index (χ1n) is 7.39. The van der Waals surface area contributed by atoms with Gasteiger partial charge in [-0.2, -0.15) is 0 Å². The fraction of sp³-hybridized carbons (Fsp3) is 0.222. The van der Waals surface area contributed by atoms with Gasteiger partial charge in [0.25, 0.3) is 5.91 Å². The highest BCUT2D eigenvalue weighted by molar-refractivity contribution is 5.80. The molecule has 2 aromatic carbocycles. The lowest BCUT2D eigenvalue weighted by atomic mass is 10.2. The molecule has 0 heterocycles. The van der Waals surface area contributed by atoms with Crippen LogP contribution in [0.4, 0.5) is 4.39 Å². The number of amides is 1. The summed E-state index contributed by atoms with van der Waals surface area (Å²) in [5.74, 6) is -0.850. The van der Waals surface area contributed by atoms with Gasteiger partial charge in [0.15, 0.2) is 13.2 Å². The van der Waals surface area contributed by atoms with E-state index in [1.165, 1.54) is 12.1 Å². The van der Waals surface area contributed by atoms with Crippen LogP contribution in [0.15, 0.2) is 48.5 Å². The lowest BCUT2D eigenvalue weighted by Crippen LogP contribution is -2.29. The first kappa shape index (κ1) is 17.5. The molecule has 0 aliphatic rings. The minimum Gasteiger partial charge on any atom is -0.482 e. The van der Waals surface area contributed by atoms with Crippen molar-refractivity contribution in [2.75, 3.05) is 13.2 Å². The third-order valence-electron chi connectivity index (χ3n) is 3.11. The van der Waals surface area contributed by atoms with Crippen LogP contribution in [-0.2, 0) is 20.9 Å². The van der Waals surface area contributed by atoms with Crippen LogP contribution in [0.25, 0.3) is 0 Å². The summed E-state index contributed by atoms with van der Waals surface area (Å²) in [6.45, 7) is 1.49. The van der Waals surface area contributed by atoms with E-state index in [-0.39, 0.29) is 19.0 Å². The average Bonchev–Trinajstić information content (AvgIpc) is 2.57. The molecule has 24 heavy (non-hydrogen) atoms. The van der Waals surface area contributed by atoms with Crippen LogP contribution < -0.4 is 10.1 Å². The first-order valence-corrected chi connectivity index (χ1v) is 7.39. The lowest BCUT2D eigenvalue weighted by molar-refractivity contribution is -0.150. The van der Waals surface area contributed by atoms with Gasteiger partial charge in [-0.1, -0.05) is 24.3 Å². The average molecular weight is 331 g/mol. The van der Waals surface area contributed by atoms with E-state index in [2.05, 4.69) is 5.32 Å². The van der Waals surface area contributed by atoms with Crippen LogP contribution in [0.2, 0.25) is 0 Å². The third-order valence-corrected chi connectivity index (χ3v) is 3.11.